The van der Waals surface area contributed by atoms with E-state index in [0.29, 0.717) is 6.42 Å². The number of Topliss-reactive ketones (excluding diaryl/α,β-unsaturated/α-hetero) is 1. The zero-order valence-electron chi connectivity index (χ0n) is 9.94. The molecule has 0 amide bonds. The lowest BCUT2D eigenvalue weighted by atomic mass is 9.76. The summed E-state index contributed by atoms with van der Waals surface area (Å²) in [5.74, 6) is -2.33. The second kappa shape index (κ2) is 3.29. The molecule has 3 aliphatic rings. The van der Waals surface area contributed by atoms with Crippen molar-refractivity contribution in [2.45, 2.75) is 25.6 Å². The van der Waals surface area contributed by atoms with Crippen LogP contribution in [-0.4, -0.2) is 46.3 Å². The van der Waals surface area contributed by atoms with Crippen molar-refractivity contribution in [2.75, 3.05) is 6.54 Å². The van der Waals surface area contributed by atoms with Gasteiger partial charge in [0, 0.05) is 11.3 Å². The average Bonchev–Trinajstić information content (AvgIpc) is 2.92. The summed E-state index contributed by atoms with van der Waals surface area (Å²) in [5, 5.41) is 12.9. The van der Waals surface area contributed by atoms with Gasteiger partial charge in [-0.05, 0) is 12.3 Å². The zero-order valence-corrected chi connectivity index (χ0v) is 9.94. The van der Waals surface area contributed by atoms with Gasteiger partial charge >= 0.3 is 12.1 Å². The molecule has 3 rings (SSSR count). The van der Waals surface area contributed by atoms with Gasteiger partial charge in [0.2, 0.25) is 0 Å². The molecule has 0 aromatic heterocycles. The van der Waals surface area contributed by atoms with Crippen molar-refractivity contribution in [3.8, 4) is 0 Å². The molecule has 0 saturated heterocycles. The van der Waals surface area contributed by atoms with Gasteiger partial charge in [0.1, 0.15) is 12.6 Å². The highest BCUT2D eigenvalue weighted by molar-refractivity contribution is 6.08. The van der Waals surface area contributed by atoms with Crippen molar-refractivity contribution in [2.24, 2.45) is 22.4 Å². The van der Waals surface area contributed by atoms with Crippen LogP contribution in [0.25, 0.3) is 0 Å². The minimum atomic E-state index is -4.64. The maximum atomic E-state index is 13.1. The van der Waals surface area contributed by atoms with Crippen LogP contribution < -0.4 is 0 Å². The molecule has 1 heterocycles. The van der Waals surface area contributed by atoms with Crippen LogP contribution in [0.5, 0.6) is 0 Å². The lowest BCUT2D eigenvalue weighted by Crippen LogP contribution is -2.48. The Morgan fingerprint density at radius 1 is 1.58 bits per heavy atom. The second-order valence-electron chi connectivity index (χ2n) is 5.47. The van der Waals surface area contributed by atoms with Gasteiger partial charge in [0.25, 0.3) is 0 Å². The summed E-state index contributed by atoms with van der Waals surface area (Å²) in [6.07, 6.45) is -4.19. The summed E-state index contributed by atoms with van der Waals surface area (Å²) >= 11 is 0. The molecule has 1 aliphatic heterocycles. The molecule has 2 fully saturated rings. The van der Waals surface area contributed by atoms with E-state index in [1.165, 1.54) is 6.92 Å². The molecule has 0 aromatic rings. The third-order valence-corrected chi connectivity index (χ3v) is 4.37. The van der Waals surface area contributed by atoms with E-state index in [9.17, 15) is 22.8 Å². The minimum absolute atomic E-state index is 0.309. The number of rotatable bonds is 2. The molecule has 2 saturated carbocycles. The van der Waals surface area contributed by atoms with Crippen LogP contribution in [0.3, 0.4) is 0 Å². The number of alkyl halides is 3. The van der Waals surface area contributed by atoms with Crippen molar-refractivity contribution in [1.82, 2.24) is 5.01 Å². The number of carbonyl (C=O) groups excluding carboxylic acids is 1. The van der Waals surface area contributed by atoms with E-state index < -0.39 is 35.9 Å². The van der Waals surface area contributed by atoms with Crippen molar-refractivity contribution in [1.29, 1.82) is 0 Å². The number of hydrazone groups is 1. The third kappa shape index (κ3) is 1.45. The number of ketones is 1. The summed E-state index contributed by atoms with van der Waals surface area (Å²) in [6.45, 7) is 0.687. The van der Waals surface area contributed by atoms with E-state index in [1.807, 2.05) is 0 Å². The molecule has 0 spiro atoms. The van der Waals surface area contributed by atoms with E-state index in [4.69, 9.17) is 5.11 Å². The van der Waals surface area contributed by atoms with Crippen LogP contribution >= 0.6 is 0 Å². The number of hydrogen-bond acceptors (Lipinski definition) is 4. The molecule has 3 unspecified atom stereocenters. The number of fused-ring (bicyclic) bond motifs is 3. The van der Waals surface area contributed by atoms with Crippen molar-refractivity contribution < 1.29 is 27.9 Å². The first-order chi connectivity index (χ1) is 8.67. The maximum Gasteiger partial charge on any atom is 0.431 e. The number of carboxylic acid groups (broad SMARTS) is 1. The predicted octanol–water partition coefficient (Wildman–Crippen LogP) is 0.899. The summed E-state index contributed by atoms with van der Waals surface area (Å²) in [5.41, 5.74) is -2.40. The fourth-order valence-electron chi connectivity index (χ4n) is 3.56. The van der Waals surface area contributed by atoms with E-state index in [-0.39, 0.29) is 17.6 Å². The highest BCUT2D eigenvalue weighted by Crippen LogP contribution is 2.65. The van der Waals surface area contributed by atoms with Crippen molar-refractivity contribution in [3.63, 3.8) is 0 Å². The SMILES string of the molecule is C[C@@]12C(C(F)(F)F)=NN(CC(=O)O)C1C(=O)C1CC12. The van der Waals surface area contributed by atoms with Gasteiger partial charge in [-0.25, -0.2) is 0 Å². The Labute approximate surface area is 106 Å². The Morgan fingerprint density at radius 3 is 2.74 bits per heavy atom. The van der Waals surface area contributed by atoms with Gasteiger partial charge in [-0.15, -0.1) is 0 Å². The van der Waals surface area contributed by atoms with E-state index in [0.717, 1.165) is 5.01 Å². The summed E-state index contributed by atoms with van der Waals surface area (Å²) in [4.78, 5) is 22.7. The zero-order chi connectivity index (χ0) is 14.2. The molecule has 0 bridgehead atoms. The number of nitrogens with zero attached hydrogens (tertiary/aromatic N) is 2. The highest BCUT2D eigenvalue weighted by Gasteiger charge is 2.75. The van der Waals surface area contributed by atoms with Gasteiger partial charge in [-0.1, -0.05) is 6.92 Å². The highest BCUT2D eigenvalue weighted by atomic mass is 19.4. The molecular weight excluding hydrogens is 265 g/mol. The smallest absolute Gasteiger partial charge is 0.431 e. The maximum absolute atomic E-state index is 13.1. The summed E-state index contributed by atoms with van der Waals surface area (Å²) in [7, 11) is 0. The van der Waals surface area contributed by atoms with Crippen LogP contribution in [-0.2, 0) is 9.59 Å². The van der Waals surface area contributed by atoms with Crippen LogP contribution in [0.15, 0.2) is 5.10 Å². The van der Waals surface area contributed by atoms with Crippen LogP contribution in [0.4, 0.5) is 13.2 Å². The Balaban J connectivity index is 2.04. The Bertz CT molecular complexity index is 516. The topological polar surface area (TPSA) is 70.0 Å². The van der Waals surface area contributed by atoms with Gasteiger partial charge in [-0.3, -0.25) is 14.6 Å². The number of carboxylic acids is 1. The number of halogens is 3. The van der Waals surface area contributed by atoms with Crippen molar-refractivity contribution >= 4 is 17.5 Å². The first-order valence-corrected chi connectivity index (χ1v) is 5.85. The second-order valence-corrected chi connectivity index (χ2v) is 5.47. The number of carbonyl (C=O) groups is 2. The fourth-order valence-corrected chi connectivity index (χ4v) is 3.56. The van der Waals surface area contributed by atoms with E-state index in [2.05, 4.69) is 5.10 Å². The van der Waals surface area contributed by atoms with Gasteiger partial charge < -0.3 is 5.11 Å². The Hall–Kier alpha value is -1.60. The molecule has 0 aromatic carbocycles. The summed E-state index contributed by atoms with van der Waals surface area (Å²) in [6, 6.07) is -1.08. The lowest BCUT2D eigenvalue weighted by molar-refractivity contribution is -0.139. The standard InChI is InChI=1S/C11H11F3N2O3/c1-10-5-2-4(5)7(19)8(10)16(3-6(17)18)15-9(10)11(12,13)14/h4-5,8H,2-3H2,1H3,(H,17,18)/t4?,5?,8?,10-/m0/s1. The van der Waals surface area contributed by atoms with E-state index in [1.54, 1.807) is 0 Å². The molecule has 4 atom stereocenters. The van der Waals surface area contributed by atoms with Gasteiger partial charge in [0.05, 0.1) is 0 Å². The Morgan fingerprint density at radius 2 is 2.21 bits per heavy atom. The summed E-state index contributed by atoms with van der Waals surface area (Å²) < 4.78 is 39.2. The average molecular weight is 276 g/mol. The molecular formula is C11H11F3N2O3. The monoisotopic (exact) mass is 276 g/mol. The molecule has 5 nitrogen and oxygen atoms in total. The normalized spacial score (nSPS) is 40.0. The molecule has 104 valence electrons. The van der Waals surface area contributed by atoms with Crippen LogP contribution in [0.2, 0.25) is 0 Å². The van der Waals surface area contributed by atoms with Crippen molar-refractivity contribution in [3.05, 3.63) is 0 Å². The van der Waals surface area contributed by atoms with Crippen LogP contribution in [0, 0.1) is 17.3 Å². The molecule has 2 aliphatic carbocycles. The third-order valence-electron chi connectivity index (χ3n) is 4.37. The quantitative estimate of drug-likeness (QED) is 0.813. The lowest BCUT2D eigenvalue weighted by Gasteiger charge is -2.30. The molecule has 19 heavy (non-hydrogen) atoms. The van der Waals surface area contributed by atoms with Gasteiger partial charge in [0.15, 0.2) is 11.5 Å². The van der Waals surface area contributed by atoms with E-state index >= 15 is 0 Å². The largest absolute Gasteiger partial charge is 0.480 e. The predicted molar refractivity (Wildman–Crippen MR) is 56.3 cm³/mol. The minimum Gasteiger partial charge on any atom is -0.480 e. The van der Waals surface area contributed by atoms with Crippen LogP contribution in [0.1, 0.15) is 13.3 Å². The van der Waals surface area contributed by atoms with Gasteiger partial charge in [-0.2, -0.15) is 18.3 Å². The number of aliphatic carboxylic acids is 1. The number of hydrogen-bond donors (Lipinski definition) is 1. The fraction of sp³-hybridized carbons (Fsp3) is 0.727. The Kier molecular flexibility index (Phi) is 2.15. The molecule has 1 N–H and O–H groups in total. The first-order valence-electron chi connectivity index (χ1n) is 5.85. The first kappa shape index (κ1) is 12.4. The molecule has 8 heteroatoms. The molecule has 0 radical (unpaired) electrons.